The van der Waals surface area contributed by atoms with Gasteiger partial charge in [-0.1, -0.05) is 32.4 Å². The predicted molar refractivity (Wildman–Crippen MR) is 67.2 cm³/mol. The van der Waals surface area contributed by atoms with Crippen LogP contribution in [0.2, 0.25) is 0 Å². The molecule has 2 atom stereocenters. The van der Waals surface area contributed by atoms with Crippen molar-refractivity contribution in [3.8, 4) is 0 Å². The van der Waals surface area contributed by atoms with Crippen molar-refractivity contribution < 1.29 is 0 Å². The Kier molecular flexibility index (Phi) is 5.96. The molecule has 1 fully saturated rings. The van der Waals surface area contributed by atoms with Gasteiger partial charge in [-0.2, -0.15) is 0 Å². The number of rotatable bonds is 5. The Labute approximate surface area is 94.7 Å². The van der Waals surface area contributed by atoms with Crippen molar-refractivity contribution in [2.75, 3.05) is 19.6 Å². The topological polar surface area (TPSA) is 15.3 Å². The Morgan fingerprint density at radius 1 is 1.40 bits per heavy atom. The lowest BCUT2D eigenvalue weighted by Gasteiger charge is -2.39. The van der Waals surface area contributed by atoms with Gasteiger partial charge in [-0.15, -0.1) is 0 Å². The summed E-state index contributed by atoms with van der Waals surface area (Å²) in [6.45, 7) is 10.2. The van der Waals surface area contributed by atoms with Crippen LogP contribution in [0, 0.1) is 0 Å². The second-order valence-electron chi connectivity index (χ2n) is 4.48. The van der Waals surface area contributed by atoms with E-state index in [0.29, 0.717) is 6.04 Å². The molecule has 15 heavy (non-hydrogen) atoms. The van der Waals surface area contributed by atoms with Gasteiger partial charge in [0.05, 0.1) is 0 Å². The fourth-order valence-corrected chi connectivity index (χ4v) is 2.34. The molecule has 88 valence electrons. The van der Waals surface area contributed by atoms with E-state index in [0.717, 1.165) is 12.6 Å². The van der Waals surface area contributed by atoms with E-state index >= 15 is 0 Å². The molecule has 0 spiro atoms. The Morgan fingerprint density at radius 2 is 2.20 bits per heavy atom. The van der Waals surface area contributed by atoms with Gasteiger partial charge in [0.15, 0.2) is 0 Å². The molecule has 1 N–H and O–H groups in total. The first-order valence-corrected chi connectivity index (χ1v) is 6.40. The lowest BCUT2D eigenvalue weighted by atomic mass is 10.0. The highest BCUT2D eigenvalue weighted by atomic mass is 15.2. The molecule has 0 bridgehead atoms. The Balaban J connectivity index is 2.45. The first-order valence-electron chi connectivity index (χ1n) is 6.40. The third-order valence-corrected chi connectivity index (χ3v) is 3.30. The molecule has 2 unspecified atom stereocenters. The molecule has 2 nitrogen and oxygen atoms in total. The van der Waals surface area contributed by atoms with Gasteiger partial charge in [0.25, 0.3) is 0 Å². The van der Waals surface area contributed by atoms with Crippen molar-refractivity contribution in [3.63, 3.8) is 0 Å². The summed E-state index contributed by atoms with van der Waals surface area (Å²) in [5.41, 5.74) is 0. The van der Waals surface area contributed by atoms with Crippen LogP contribution in [0.1, 0.15) is 40.0 Å². The Morgan fingerprint density at radius 3 is 2.80 bits per heavy atom. The number of hydrogen-bond acceptors (Lipinski definition) is 2. The average molecular weight is 210 g/mol. The summed E-state index contributed by atoms with van der Waals surface area (Å²) in [7, 11) is 0. The number of piperazine rings is 1. The molecular formula is C13H26N2. The van der Waals surface area contributed by atoms with E-state index in [4.69, 9.17) is 0 Å². The molecule has 0 aromatic heterocycles. The summed E-state index contributed by atoms with van der Waals surface area (Å²) in [6.07, 6.45) is 8.28. The zero-order valence-corrected chi connectivity index (χ0v) is 10.5. The average Bonchev–Trinajstić information content (AvgIpc) is 2.27. The molecule has 0 saturated carbocycles. The highest BCUT2D eigenvalue weighted by Crippen LogP contribution is 2.12. The third-order valence-electron chi connectivity index (χ3n) is 3.30. The minimum atomic E-state index is 0.711. The maximum atomic E-state index is 3.66. The minimum Gasteiger partial charge on any atom is -0.311 e. The third kappa shape index (κ3) is 3.96. The first-order chi connectivity index (χ1) is 7.31. The molecule has 1 saturated heterocycles. The van der Waals surface area contributed by atoms with E-state index in [-0.39, 0.29) is 0 Å². The van der Waals surface area contributed by atoms with Crippen molar-refractivity contribution in [2.24, 2.45) is 0 Å². The SMILES string of the molecule is C/C=C/CN1CC(CCC)NCC1CC. The molecule has 1 rings (SSSR count). The van der Waals surface area contributed by atoms with E-state index in [2.05, 4.69) is 43.1 Å². The lowest BCUT2D eigenvalue weighted by molar-refractivity contribution is 0.137. The quantitative estimate of drug-likeness (QED) is 0.701. The van der Waals surface area contributed by atoms with E-state index in [1.54, 1.807) is 0 Å². The predicted octanol–water partition coefficient (Wildman–Crippen LogP) is 2.42. The van der Waals surface area contributed by atoms with Gasteiger partial charge in [-0.3, -0.25) is 4.90 Å². The van der Waals surface area contributed by atoms with E-state index < -0.39 is 0 Å². The maximum Gasteiger partial charge on any atom is 0.0222 e. The van der Waals surface area contributed by atoms with Crippen LogP contribution in [0.4, 0.5) is 0 Å². The van der Waals surface area contributed by atoms with Crippen LogP contribution in [0.15, 0.2) is 12.2 Å². The first kappa shape index (κ1) is 12.7. The number of nitrogens with one attached hydrogen (secondary N) is 1. The van der Waals surface area contributed by atoms with E-state index in [9.17, 15) is 0 Å². The van der Waals surface area contributed by atoms with Gasteiger partial charge in [0, 0.05) is 31.7 Å². The molecule has 0 radical (unpaired) electrons. The summed E-state index contributed by atoms with van der Waals surface area (Å²) in [5, 5.41) is 3.66. The van der Waals surface area contributed by atoms with Crippen LogP contribution in [0.3, 0.4) is 0 Å². The van der Waals surface area contributed by atoms with Crippen molar-refractivity contribution >= 4 is 0 Å². The Bertz CT molecular complexity index is 189. The summed E-state index contributed by atoms with van der Waals surface area (Å²) in [4.78, 5) is 2.62. The van der Waals surface area contributed by atoms with Crippen molar-refractivity contribution in [2.45, 2.75) is 52.1 Å². The Hall–Kier alpha value is -0.340. The van der Waals surface area contributed by atoms with Crippen molar-refractivity contribution in [3.05, 3.63) is 12.2 Å². The maximum absolute atomic E-state index is 3.66. The van der Waals surface area contributed by atoms with Gasteiger partial charge in [0.2, 0.25) is 0 Å². The van der Waals surface area contributed by atoms with Gasteiger partial charge < -0.3 is 5.32 Å². The van der Waals surface area contributed by atoms with Crippen molar-refractivity contribution in [1.82, 2.24) is 10.2 Å². The molecular weight excluding hydrogens is 184 g/mol. The summed E-state index contributed by atoms with van der Waals surface area (Å²) >= 11 is 0. The molecule has 0 aromatic rings. The molecule has 0 aliphatic carbocycles. The van der Waals surface area contributed by atoms with Crippen molar-refractivity contribution in [1.29, 1.82) is 0 Å². The lowest BCUT2D eigenvalue weighted by Crippen LogP contribution is -2.56. The number of nitrogens with zero attached hydrogens (tertiary/aromatic N) is 1. The van der Waals surface area contributed by atoms with Gasteiger partial charge in [0.1, 0.15) is 0 Å². The van der Waals surface area contributed by atoms with Gasteiger partial charge >= 0.3 is 0 Å². The largest absolute Gasteiger partial charge is 0.311 e. The summed E-state index contributed by atoms with van der Waals surface area (Å²) in [6, 6.07) is 1.44. The molecule has 1 heterocycles. The van der Waals surface area contributed by atoms with Crippen LogP contribution < -0.4 is 5.32 Å². The highest BCUT2D eigenvalue weighted by Gasteiger charge is 2.24. The second-order valence-corrected chi connectivity index (χ2v) is 4.48. The van der Waals surface area contributed by atoms with Gasteiger partial charge in [-0.05, 0) is 19.8 Å². The molecule has 0 aromatic carbocycles. The fourth-order valence-electron chi connectivity index (χ4n) is 2.34. The zero-order valence-electron chi connectivity index (χ0n) is 10.5. The highest BCUT2D eigenvalue weighted by molar-refractivity contribution is 4.90. The van der Waals surface area contributed by atoms with Gasteiger partial charge in [-0.25, -0.2) is 0 Å². The van der Waals surface area contributed by atoms with Crippen LogP contribution in [0.25, 0.3) is 0 Å². The minimum absolute atomic E-state index is 0.711. The normalized spacial score (nSPS) is 28.7. The summed E-state index contributed by atoms with van der Waals surface area (Å²) in [5.74, 6) is 0. The monoisotopic (exact) mass is 210 g/mol. The number of hydrogen-bond donors (Lipinski definition) is 1. The molecule has 2 heteroatoms. The molecule has 0 amide bonds. The van der Waals surface area contributed by atoms with Crippen LogP contribution >= 0.6 is 0 Å². The van der Waals surface area contributed by atoms with Crippen LogP contribution in [0.5, 0.6) is 0 Å². The zero-order chi connectivity index (χ0) is 11.1. The number of allylic oxidation sites excluding steroid dienone is 1. The van der Waals surface area contributed by atoms with Crippen LogP contribution in [-0.4, -0.2) is 36.6 Å². The smallest absolute Gasteiger partial charge is 0.0222 e. The standard InChI is InChI=1S/C13H26N2/c1-4-7-9-15-11-12(8-5-2)14-10-13(15)6-3/h4,7,12-14H,5-6,8-11H2,1-3H3/b7-4+. The van der Waals surface area contributed by atoms with Crippen LogP contribution in [-0.2, 0) is 0 Å². The van der Waals surface area contributed by atoms with E-state index in [1.165, 1.54) is 32.4 Å². The summed E-state index contributed by atoms with van der Waals surface area (Å²) < 4.78 is 0. The second kappa shape index (κ2) is 7.02. The van der Waals surface area contributed by atoms with E-state index in [1.807, 2.05) is 0 Å². The molecule has 1 aliphatic heterocycles. The fraction of sp³-hybridized carbons (Fsp3) is 0.846. The molecule has 1 aliphatic rings.